The third-order valence-corrected chi connectivity index (χ3v) is 11.6. The van der Waals surface area contributed by atoms with Crippen molar-refractivity contribution in [2.75, 3.05) is 0 Å². The predicted molar refractivity (Wildman–Crippen MR) is 225 cm³/mol. The Labute approximate surface area is 314 Å². The standard InChI is InChI=1S/C49H29N3OS/c1-2-11-32(12-3-1)47-50-48(33-23-21-31(22-24-33)37-15-8-16-39-38-14-6-7-19-44(38)54-46(37)39)52-49(51-47)40-17-9-18-43-45(40)41-29-36(26-27-42(41)53-43)35-25-20-30-10-4-5-13-34(30)28-35/h1-29H. The number of hydrogen-bond donors (Lipinski definition) is 0. The van der Waals surface area contributed by atoms with Crippen LogP contribution in [0.2, 0.25) is 0 Å². The van der Waals surface area contributed by atoms with E-state index >= 15 is 0 Å². The van der Waals surface area contributed by atoms with Gasteiger partial charge in [0, 0.05) is 47.6 Å². The minimum Gasteiger partial charge on any atom is -0.456 e. The summed E-state index contributed by atoms with van der Waals surface area (Å²) in [5.74, 6) is 1.84. The third kappa shape index (κ3) is 5.09. The van der Waals surface area contributed by atoms with Gasteiger partial charge in [-0.1, -0.05) is 146 Å². The highest BCUT2D eigenvalue weighted by Crippen LogP contribution is 2.41. The van der Waals surface area contributed by atoms with Gasteiger partial charge in [-0.15, -0.1) is 11.3 Å². The molecule has 0 atom stereocenters. The molecule has 8 aromatic carbocycles. The van der Waals surface area contributed by atoms with Gasteiger partial charge in [-0.2, -0.15) is 0 Å². The summed E-state index contributed by atoms with van der Waals surface area (Å²) >= 11 is 1.84. The summed E-state index contributed by atoms with van der Waals surface area (Å²) in [4.78, 5) is 15.3. The maximum absolute atomic E-state index is 6.44. The number of fused-ring (bicyclic) bond motifs is 7. The summed E-state index contributed by atoms with van der Waals surface area (Å²) in [6, 6.07) is 61.6. The first-order valence-corrected chi connectivity index (χ1v) is 18.8. The summed E-state index contributed by atoms with van der Waals surface area (Å²) in [6.07, 6.45) is 0. The van der Waals surface area contributed by atoms with Crippen molar-refractivity contribution in [2.45, 2.75) is 0 Å². The van der Waals surface area contributed by atoms with E-state index in [1.807, 2.05) is 53.8 Å². The Balaban J connectivity index is 1.05. The van der Waals surface area contributed by atoms with Crippen molar-refractivity contribution in [1.82, 2.24) is 15.0 Å². The SMILES string of the molecule is c1ccc(-c2nc(-c3ccc(-c4cccc5c4sc4ccccc45)cc3)nc(-c3cccc4oc5ccc(-c6ccc7ccccc7c6)cc5c34)n2)cc1. The molecule has 3 heterocycles. The van der Waals surface area contributed by atoms with Crippen LogP contribution in [0.4, 0.5) is 0 Å². The monoisotopic (exact) mass is 707 g/mol. The van der Waals surface area contributed by atoms with Crippen molar-refractivity contribution in [3.05, 3.63) is 176 Å². The van der Waals surface area contributed by atoms with Crippen LogP contribution in [0.25, 0.3) is 109 Å². The van der Waals surface area contributed by atoms with Crippen LogP contribution >= 0.6 is 11.3 Å². The van der Waals surface area contributed by atoms with Crippen LogP contribution in [0, 0.1) is 0 Å². The van der Waals surface area contributed by atoms with Gasteiger partial charge in [-0.3, -0.25) is 0 Å². The molecule has 252 valence electrons. The summed E-state index contributed by atoms with van der Waals surface area (Å²) in [7, 11) is 0. The van der Waals surface area contributed by atoms with E-state index in [1.54, 1.807) is 0 Å². The lowest BCUT2D eigenvalue weighted by Gasteiger charge is -2.10. The van der Waals surface area contributed by atoms with Crippen LogP contribution in [0.5, 0.6) is 0 Å². The van der Waals surface area contributed by atoms with Crippen molar-refractivity contribution in [1.29, 1.82) is 0 Å². The third-order valence-electron chi connectivity index (χ3n) is 10.3. The summed E-state index contributed by atoms with van der Waals surface area (Å²) < 4.78 is 9.03. The molecule has 0 aliphatic heterocycles. The van der Waals surface area contributed by atoms with Crippen molar-refractivity contribution in [3.8, 4) is 56.4 Å². The first kappa shape index (κ1) is 30.7. The molecular weight excluding hydrogens is 679 g/mol. The summed E-state index contributed by atoms with van der Waals surface area (Å²) in [6.45, 7) is 0. The Kier molecular flexibility index (Phi) is 7.00. The number of aromatic nitrogens is 3. The second-order valence-corrected chi connectivity index (χ2v) is 14.6. The fourth-order valence-corrected chi connectivity index (χ4v) is 8.92. The fourth-order valence-electron chi connectivity index (χ4n) is 7.68. The minimum absolute atomic E-state index is 0.599. The molecule has 11 rings (SSSR count). The maximum atomic E-state index is 6.44. The average molecular weight is 708 g/mol. The first-order valence-electron chi connectivity index (χ1n) is 18.0. The zero-order valence-electron chi connectivity index (χ0n) is 28.9. The molecule has 0 fully saturated rings. The van der Waals surface area contributed by atoms with Crippen molar-refractivity contribution >= 4 is 64.2 Å². The van der Waals surface area contributed by atoms with Gasteiger partial charge in [0.25, 0.3) is 0 Å². The maximum Gasteiger partial charge on any atom is 0.164 e. The van der Waals surface area contributed by atoms with E-state index in [-0.39, 0.29) is 0 Å². The molecule has 0 saturated carbocycles. The van der Waals surface area contributed by atoms with E-state index in [0.29, 0.717) is 17.5 Å². The molecule has 0 saturated heterocycles. The molecule has 3 aromatic heterocycles. The van der Waals surface area contributed by atoms with Crippen LogP contribution < -0.4 is 0 Å². The number of furan rings is 1. The van der Waals surface area contributed by atoms with E-state index in [9.17, 15) is 0 Å². The molecule has 4 nitrogen and oxygen atoms in total. The zero-order valence-corrected chi connectivity index (χ0v) is 29.7. The van der Waals surface area contributed by atoms with Gasteiger partial charge in [-0.05, 0) is 63.4 Å². The van der Waals surface area contributed by atoms with Gasteiger partial charge < -0.3 is 4.42 Å². The molecule has 0 amide bonds. The Morgan fingerprint density at radius 1 is 0.370 bits per heavy atom. The largest absolute Gasteiger partial charge is 0.456 e. The molecule has 0 bridgehead atoms. The lowest BCUT2D eigenvalue weighted by molar-refractivity contribution is 0.669. The normalized spacial score (nSPS) is 11.7. The molecule has 0 spiro atoms. The highest BCUT2D eigenvalue weighted by molar-refractivity contribution is 7.26. The Morgan fingerprint density at radius 2 is 1.00 bits per heavy atom. The van der Waals surface area contributed by atoms with E-state index < -0.39 is 0 Å². The molecule has 0 unspecified atom stereocenters. The number of hydrogen-bond acceptors (Lipinski definition) is 5. The lowest BCUT2D eigenvalue weighted by atomic mass is 9.98. The second-order valence-electron chi connectivity index (χ2n) is 13.6. The van der Waals surface area contributed by atoms with Crippen LogP contribution in [-0.2, 0) is 0 Å². The fraction of sp³-hybridized carbons (Fsp3) is 0. The Bertz CT molecular complexity index is 3220. The van der Waals surface area contributed by atoms with Crippen molar-refractivity contribution in [3.63, 3.8) is 0 Å². The topological polar surface area (TPSA) is 51.8 Å². The molecule has 0 aliphatic carbocycles. The average Bonchev–Trinajstić information content (AvgIpc) is 3.82. The van der Waals surface area contributed by atoms with E-state index in [4.69, 9.17) is 19.4 Å². The quantitative estimate of drug-likeness (QED) is 0.179. The summed E-state index contributed by atoms with van der Waals surface area (Å²) in [5, 5.41) is 7.03. The molecule has 0 radical (unpaired) electrons. The van der Waals surface area contributed by atoms with Crippen LogP contribution in [0.1, 0.15) is 0 Å². The lowest BCUT2D eigenvalue weighted by Crippen LogP contribution is -2.00. The van der Waals surface area contributed by atoms with E-state index in [1.165, 1.54) is 36.5 Å². The van der Waals surface area contributed by atoms with Crippen LogP contribution in [-0.4, -0.2) is 15.0 Å². The van der Waals surface area contributed by atoms with Gasteiger partial charge in [0.15, 0.2) is 17.5 Å². The Hall–Kier alpha value is -6.95. The number of benzene rings is 8. The molecule has 11 aromatic rings. The predicted octanol–water partition coefficient (Wildman–Crippen LogP) is 13.6. The smallest absolute Gasteiger partial charge is 0.164 e. The highest BCUT2D eigenvalue weighted by atomic mass is 32.1. The van der Waals surface area contributed by atoms with Crippen LogP contribution in [0.15, 0.2) is 180 Å². The molecule has 0 aliphatic rings. The van der Waals surface area contributed by atoms with Crippen molar-refractivity contribution in [2.24, 2.45) is 0 Å². The number of rotatable bonds is 5. The summed E-state index contributed by atoms with van der Waals surface area (Å²) in [5.41, 5.74) is 9.03. The van der Waals surface area contributed by atoms with Gasteiger partial charge in [0.05, 0.1) is 0 Å². The zero-order chi connectivity index (χ0) is 35.6. The Morgan fingerprint density at radius 3 is 1.87 bits per heavy atom. The van der Waals surface area contributed by atoms with Crippen LogP contribution in [0.3, 0.4) is 0 Å². The first-order chi connectivity index (χ1) is 26.7. The van der Waals surface area contributed by atoms with E-state index in [0.717, 1.165) is 55.3 Å². The molecule has 0 N–H and O–H groups in total. The second kappa shape index (κ2) is 12.3. The molecular formula is C49H29N3OS. The van der Waals surface area contributed by atoms with Gasteiger partial charge in [-0.25, -0.2) is 15.0 Å². The van der Waals surface area contributed by atoms with Gasteiger partial charge in [0.1, 0.15) is 11.2 Å². The van der Waals surface area contributed by atoms with Gasteiger partial charge >= 0.3 is 0 Å². The number of nitrogens with zero attached hydrogens (tertiary/aromatic N) is 3. The van der Waals surface area contributed by atoms with Crippen molar-refractivity contribution < 1.29 is 4.42 Å². The number of thiophene rings is 1. The molecule has 5 heteroatoms. The van der Waals surface area contributed by atoms with Gasteiger partial charge in [0.2, 0.25) is 0 Å². The van der Waals surface area contributed by atoms with E-state index in [2.05, 4.69) is 133 Å². The highest BCUT2D eigenvalue weighted by Gasteiger charge is 2.19. The minimum atomic E-state index is 0.599. The molecule has 54 heavy (non-hydrogen) atoms.